The summed E-state index contributed by atoms with van der Waals surface area (Å²) in [7, 11) is 3.94. The minimum atomic E-state index is -5.08. The Morgan fingerprint density at radius 3 is 2.44 bits per heavy atom. The van der Waals surface area contributed by atoms with Gasteiger partial charge in [-0.3, -0.25) is 14.4 Å². The van der Waals surface area contributed by atoms with Crippen LogP contribution in [0.15, 0.2) is 35.1 Å². The minimum absolute atomic E-state index is 0.0625. The van der Waals surface area contributed by atoms with Crippen molar-refractivity contribution in [2.24, 2.45) is 0 Å². The number of aromatic amines is 1. The summed E-state index contributed by atoms with van der Waals surface area (Å²) < 4.78 is 33.3. The lowest BCUT2D eigenvalue weighted by Gasteiger charge is -2.23. The molecule has 0 spiro atoms. The van der Waals surface area contributed by atoms with E-state index in [-0.39, 0.29) is 23.1 Å². The first-order chi connectivity index (χ1) is 16.9. The van der Waals surface area contributed by atoms with Gasteiger partial charge in [0, 0.05) is 45.2 Å². The van der Waals surface area contributed by atoms with Crippen molar-refractivity contribution in [3.63, 3.8) is 0 Å². The summed E-state index contributed by atoms with van der Waals surface area (Å²) in [5.41, 5.74) is 1.15. The Labute approximate surface area is 202 Å². The molecule has 0 bridgehead atoms. The largest absolute Gasteiger partial charge is 0.490 e. The average Bonchev–Trinajstić information content (AvgIpc) is 3.15. The van der Waals surface area contributed by atoms with E-state index in [1.54, 1.807) is 33.7 Å². The van der Waals surface area contributed by atoms with Crippen LogP contribution in [0.5, 0.6) is 0 Å². The van der Waals surface area contributed by atoms with Crippen LogP contribution >= 0.6 is 0 Å². The Hall–Kier alpha value is -3.94. The van der Waals surface area contributed by atoms with Crippen LogP contribution in [0.2, 0.25) is 0 Å². The second-order valence-electron chi connectivity index (χ2n) is 8.33. The maximum Gasteiger partial charge on any atom is 0.490 e. The van der Waals surface area contributed by atoms with E-state index in [9.17, 15) is 27.6 Å². The lowest BCUT2D eigenvalue weighted by molar-refractivity contribution is -0.192. The standard InChI is InChI=1S/C20H24N6O3.C2HF3O2/c1-23(2)9-10-24-11-12-25(8-7-18(24)27)20(29)15-13-17-21-19(28)14-5-3-4-6-16(14)26(17)22-15;3-2(4,5)1(6)7/h3-6,13H,7-12H2,1-2H3,(H,21,28);(H,6,7). The van der Waals surface area contributed by atoms with Crippen molar-refractivity contribution in [2.45, 2.75) is 12.6 Å². The topological polar surface area (TPSA) is 131 Å². The number of nitrogens with zero attached hydrogens (tertiary/aromatic N) is 5. The number of benzene rings is 1. The van der Waals surface area contributed by atoms with Gasteiger partial charge in [-0.2, -0.15) is 18.3 Å². The first kappa shape index (κ1) is 26.7. The summed E-state index contributed by atoms with van der Waals surface area (Å²) in [5, 5.41) is 12.1. The van der Waals surface area contributed by atoms with Gasteiger partial charge < -0.3 is 24.8 Å². The lowest BCUT2D eigenvalue weighted by atomic mass is 10.2. The number of H-pyrrole nitrogens is 1. The minimum Gasteiger partial charge on any atom is -0.475 e. The second-order valence-corrected chi connectivity index (χ2v) is 8.33. The Balaban J connectivity index is 0.000000454. The molecule has 11 nitrogen and oxygen atoms in total. The van der Waals surface area contributed by atoms with E-state index >= 15 is 0 Å². The summed E-state index contributed by atoms with van der Waals surface area (Å²) >= 11 is 0. The SMILES string of the molecule is CN(C)CCN1CCN(C(=O)c2cc3[nH]c(=O)c4ccccc4n3n2)CCC1=O.O=C(O)C(F)(F)F. The van der Waals surface area contributed by atoms with Crippen molar-refractivity contribution >= 4 is 34.3 Å². The van der Waals surface area contributed by atoms with Crippen molar-refractivity contribution < 1.29 is 32.7 Å². The van der Waals surface area contributed by atoms with Gasteiger partial charge >= 0.3 is 12.1 Å². The van der Waals surface area contributed by atoms with Gasteiger partial charge in [0.15, 0.2) is 5.69 Å². The second kappa shape index (κ2) is 10.8. The number of aliphatic carboxylic acids is 1. The summed E-state index contributed by atoms with van der Waals surface area (Å²) in [6.07, 6.45) is -4.79. The molecule has 1 aliphatic rings. The molecule has 0 aliphatic carbocycles. The summed E-state index contributed by atoms with van der Waals surface area (Å²) in [4.78, 5) is 54.8. The highest BCUT2D eigenvalue weighted by molar-refractivity contribution is 5.94. The van der Waals surface area contributed by atoms with Gasteiger partial charge in [-0.25, -0.2) is 9.31 Å². The highest BCUT2D eigenvalue weighted by Gasteiger charge is 2.38. The molecule has 3 heterocycles. The van der Waals surface area contributed by atoms with E-state index < -0.39 is 12.1 Å². The predicted octanol–water partition coefficient (Wildman–Crippen LogP) is 1.05. The fourth-order valence-corrected chi connectivity index (χ4v) is 3.58. The number of aromatic nitrogens is 3. The van der Waals surface area contributed by atoms with Crippen LogP contribution in [0.4, 0.5) is 13.2 Å². The third-order valence-electron chi connectivity index (χ3n) is 5.48. The van der Waals surface area contributed by atoms with Crippen LogP contribution in [0.1, 0.15) is 16.9 Å². The van der Waals surface area contributed by atoms with E-state index in [4.69, 9.17) is 9.90 Å². The van der Waals surface area contributed by atoms with Crippen molar-refractivity contribution in [3.8, 4) is 0 Å². The molecule has 2 N–H and O–H groups in total. The van der Waals surface area contributed by atoms with Crippen LogP contribution < -0.4 is 5.56 Å². The van der Waals surface area contributed by atoms with Gasteiger partial charge in [0.2, 0.25) is 5.91 Å². The number of rotatable bonds is 4. The van der Waals surface area contributed by atoms with Crippen molar-refractivity contribution in [1.82, 2.24) is 29.3 Å². The number of carbonyl (C=O) groups is 3. The molecule has 14 heteroatoms. The zero-order valence-corrected chi connectivity index (χ0v) is 19.6. The van der Waals surface area contributed by atoms with E-state index in [0.717, 1.165) is 6.54 Å². The molecule has 4 rings (SSSR count). The maximum absolute atomic E-state index is 13.0. The Bertz CT molecular complexity index is 1330. The number of hydrogen-bond acceptors (Lipinski definition) is 6. The van der Waals surface area contributed by atoms with Gasteiger partial charge in [0.05, 0.1) is 10.9 Å². The number of nitrogens with one attached hydrogen (secondary N) is 1. The molecule has 0 unspecified atom stereocenters. The normalized spacial score (nSPS) is 14.7. The molecule has 0 saturated carbocycles. The van der Waals surface area contributed by atoms with Crippen LogP contribution in [0, 0.1) is 0 Å². The number of halogens is 3. The summed E-state index contributed by atoms with van der Waals surface area (Å²) in [6.45, 7) is 2.76. The number of fused-ring (bicyclic) bond motifs is 3. The Kier molecular flexibility index (Phi) is 7.97. The number of carbonyl (C=O) groups excluding carboxylic acids is 2. The molecule has 36 heavy (non-hydrogen) atoms. The molecule has 1 aromatic carbocycles. The number of likely N-dealkylation sites (N-methyl/N-ethyl adjacent to an activating group) is 1. The number of para-hydroxylation sites is 1. The van der Waals surface area contributed by atoms with Crippen molar-refractivity contribution in [1.29, 1.82) is 0 Å². The fourth-order valence-electron chi connectivity index (χ4n) is 3.58. The summed E-state index contributed by atoms with van der Waals surface area (Å²) in [6, 6.07) is 8.72. The van der Waals surface area contributed by atoms with Crippen LogP contribution in [-0.2, 0) is 9.59 Å². The highest BCUT2D eigenvalue weighted by atomic mass is 19.4. The highest BCUT2D eigenvalue weighted by Crippen LogP contribution is 2.15. The maximum atomic E-state index is 13.0. The number of carboxylic acids is 1. The predicted molar refractivity (Wildman–Crippen MR) is 123 cm³/mol. The van der Waals surface area contributed by atoms with E-state index in [0.29, 0.717) is 49.1 Å². The van der Waals surface area contributed by atoms with Gasteiger partial charge in [-0.1, -0.05) is 12.1 Å². The molecule has 0 atom stereocenters. The molecule has 1 fully saturated rings. The average molecular weight is 510 g/mol. The third kappa shape index (κ3) is 6.19. The zero-order chi connectivity index (χ0) is 26.6. The Morgan fingerprint density at radius 1 is 1.14 bits per heavy atom. The molecule has 1 saturated heterocycles. The fraction of sp³-hybridized carbons (Fsp3) is 0.409. The van der Waals surface area contributed by atoms with Gasteiger partial charge in [-0.15, -0.1) is 0 Å². The van der Waals surface area contributed by atoms with E-state index in [1.165, 1.54) is 0 Å². The zero-order valence-electron chi connectivity index (χ0n) is 19.6. The number of alkyl halides is 3. The molecular formula is C22H25F3N6O5. The van der Waals surface area contributed by atoms with Crippen molar-refractivity contribution in [3.05, 3.63) is 46.4 Å². The molecule has 2 aromatic heterocycles. The quantitative estimate of drug-likeness (QED) is 0.536. The number of carboxylic acid groups (broad SMARTS) is 1. The van der Waals surface area contributed by atoms with Gasteiger partial charge in [-0.05, 0) is 26.2 Å². The molecule has 194 valence electrons. The molecule has 3 aromatic rings. The van der Waals surface area contributed by atoms with Crippen molar-refractivity contribution in [2.75, 3.05) is 46.8 Å². The molecule has 1 aliphatic heterocycles. The number of hydrogen-bond donors (Lipinski definition) is 2. The number of amides is 2. The molecular weight excluding hydrogens is 485 g/mol. The van der Waals surface area contributed by atoms with E-state index in [2.05, 4.69) is 10.1 Å². The van der Waals surface area contributed by atoms with Crippen LogP contribution in [-0.4, -0.2) is 105 Å². The first-order valence-electron chi connectivity index (χ1n) is 10.9. The van der Waals surface area contributed by atoms with Gasteiger partial charge in [0.25, 0.3) is 11.5 Å². The molecule has 2 amide bonds. The lowest BCUT2D eigenvalue weighted by Crippen LogP contribution is -2.39. The van der Waals surface area contributed by atoms with Crippen LogP contribution in [0.3, 0.4) is 0 Å². The molecule has 0 radical (unpaired) electrons. The third-order valence-corrected chi connectivity index (χ3v) is 5.48. The van der Waals surface area contributed by atoms with Gasteiger partial charge in [0.1, 0.15) is 5.65 Å². The Morgan fingerprint density at radius 2 is 1.81 bits per heavy atom. The summed E-state index contributed by atoms with van der Waals surface area (Å²) in [5.74, 6) is -2.93. The van der Waals surface area contributed by atoms with E-state index in [1.807, 2.05) is 30.0 Å². The van der Waals surface area contributed by atoms with Crippen LogP contribution in [0.25, 0.3) is 16.6 Å². The monoisotopic (exact) mass is 510 g/mol. The first-order valence-corrected chi connectivity index (χ1v) is 10.9. The smallest absolute Gasteiger partial charge is 0.475 e.